The Morgan fingerprint density at radius 3 is 2.34 bits per heavy atom. The van der Waals surface area contributed by atoms with Crippen LogP contribution in [0, 0.1) is 0 Å². The number of piperazine rings is 1. The van der Waals surface area contributed by atoms with Crippen LogP contribution >= 0.6 is 0 Å². The minimum absolute atomic E-state index is 0.0257. The van der Waals surface area contributed by atoms with E-state index in [-0.39, 0.29) is 16.8 Å². The van der Waals surface area contributed by atoms with Crippen LogP contribution in [0.3, 0.4) is 0 Å². The zero-order valence-corrected chi connectivity index (χ0v) is 22.2. The molecule has 1 unspecified atom stereocenters. The number of fused-ring (bicyclic) bond motifs is 2. The van der Waals surface area contributed by atoms with Gasteiger partial charge < -0.3 is 9.80 Å². The molecule has 0 saturated carbocycles. The number of carbonyl (C=O) groups is 1. The van der Waals surface area contributed by atoms with Crippen molar-refractivity contribution in [1.29, 1.82) is 0 Å². The number of nitrogens with zero attached hydrogens (tertiary/aromatic N) is 5. The molecule has 2 aliphatic heterocycles. The fourth-order valence-electron chi connectivity index (χ4n) is 5.55. The molecule has 1 fully saturated rings. The van der Waals surface area contributed by atoms with Gasteiger partial charge in [0.05, 0.1) is 10.6 Å². The predicted octanol–water partition coefficient (Wildman–Crippen LogP) is 4.11. The van der Waals surface area contributed by atoms with Gasteiger partial charge in [-0.1, -0.05) is 36.4 Å². The molecule has 0 N–H and O–H groups in total. The van der Waals surface area contributed by atoms with Crippen LogP contribution in [-0.4, -0.2) is 61.0 Å². The van der Waals surface area contributed by atoms with Gasteiger partial charge in [0.15, 0.2) is 5.82 Å². The first kappa shape index (κ1) is 24.5. The molecule has 1 aromatic heterocycles. The average molecular weight is 528 g/mol. The van der Waals surface area contributed by atoms with E-state index in [1.54, 1.807) is 23.1 Å². The molecular formula is C29H29N5O3S. The number of anilines is 2. The molecule has 0 aliphatic carbocycles. The standard InChI is InChI=1S/C29H29N5O3S/c1-20-17-25-19-26(9-11-28(25)34(20)21(2)35)38(36,37)33-15-13-32(14-16-33)29-12-10-27(30-31-29)24-8-7-22-5-3-4-6-23(22)18-24/h3-12,18-20H,13-17H2,1-2H3. The lowest BCUT2D eigenvalue weighted by Gasteiger charge is -2.34. The van der Waals surface area contributed by atoms with Crippen molar-refractivity contribution in [2.24, 2.45) is 0 Å². The van der Waals surface area contributed by atoms with E-state index in [0.717, 1.165) is 33.7 Å². The summed E-state index contributed by atoms with van der Waals surface area (Å²) in [6.45, 7) is 5.31. The number of aromatic nitrogens is 2. The van der Waals surface area contributed by atoms with E-state index in [1.165, 1.54) is 16.6 Å². The van der Waals surface area contributed by atoms with E-state index in [1.807, 2.05) is 37.3 Å². The number of rotatable bonds is 4. The van der Waals surface area contributed by atoms with Crippen molar-refractivity contribution < 1.29 is 13.2 Å². The lowest BCUT2D eigenvalue weighted by Crippen LogP contribution is -2.49. The highest BCUT2D eigenvalue weighted by Gasteiger charge is 2.33. The van der Waals surface area contributed by atoms with Gasteiger partial charge in [0.25, 0.3) is 0 Å². The summed E-state index contributed by atoms with van der Waals surface area (Å²) in [4.78, 5) is 16.1. The van der Waals surface area contributed by atoms with E-state index in [2.05, 4.69) is 39.4 Å². The molecule has 3 aromatic carbocycles. The van der Waals surface area contributed by atoms with Gasteiger partial charge in [-0.3, -0.25) is 4.79 Å². The zero-order chi connectivity index (χ0) is 26.4. The predicted molar refractivity (Wildman–Crippen MR) is 149 cm³/mol. The maximum absolute atomic E-state index is 13.4. The van der Waals surface area contributed by atoms with Crippen LogP contribution in [0.15, 0.2) is 77.7 Å². The van der Waals surface area contributed by atoms with E-state index in [0.29, 0.717) is 32.6 Å². The lowest BCUT2D eigenvalue weighted by molar-refractivity contribution is -0.116. The second kappa shape index (κ2) is 9.49. The van der Waals surface area contributed by atoms with Crippen LogP contribution in [-0.2, 0) is 21.2 Å². The third-order valence-corrected chi connectivity index (χ3v) is 9.40. The molecule has 3 heterocycles. The first-order valence-electron chi connectivity index (χ1n) is 12.8. The van der Waals surface area contributed by atoms with Crippen LogP contribution in [0.25, 0.3) is 22.0 Å². The molecule has 0 radical (unpaired) electrons. The van der Waals surface area contributed by atoms with Crippen molar-refractivity contribution in [3.8, 4) is 11.3 Å². The molecule has 1 atom stereocenters. The van der Waals surface area contributed by atoms with Gasteiger partial charge in [0, 0.05) is 50.4 Å². The minimum Gasteiger partial charge on any atom is -0.352 e. The van der Waals surface area contributed by atoms with Crippen molar-refractivity contribution in [3.63, 3.8) is 0 Å². The molecule has 2 aliphatic rings. The molecule has 194 valence electrons. The number of amides is 1. The van der Waals surface area contributed by atoms with Gasteiger partial charge in [-0.25, -0.2) is 8.42 Å². The topological polar surface area (TPSA) is 86.7 Å². The van der Waals surface area contributed by atoms with Crippen LogP contribution in [0.2, 0.25) is 0 Å². The summed E-state index contributed by atoms with van der Waals surface area (Å²) in [5.74, 6) is 0.707. The third-order valence-electron chi connectivity index (χ3n) is 7.50. The van der Waals surface area contributed by atoms with Crippen molar-refractivity contribution in [3.05, 3.63) is 78.4 Å². The Balaban J connectivity index is 1.14. The summed E-state index contributed by atoms with van der Waals surface area (Å²) in [7, 11) is -3.64. The Morgan fingerprint density at radius 1 is 0.868 bits per heavy atom. The van der Waals surface area contributed by atoms with Crippen molar-refractivity contribution in [1.82, 2.24) is 14.5 Å². The van der Waals surface area contributed by atoms with Crippen molar-refractivity contribution in [2.75, 3.05) is 36.0 Å². The second-order valence-corrected chi connectivity index (χ2v) is 11.9. The zero-order valence-electron chi connectivity index (χ0n) is 21.4. The van der Waals surface area contributed by atoms with Crippen molar-refractivity contribution >= 4 is 38.2 Å². The van der Waals surface area contributed by atoms with E-state index >= 15 is 0 Å². The Bertz CT molecular complexity index is 1630. The van der Waals surface area contributed by atoms with Gasteiger partial charge in [0.2, 0.25) is 15.9 Å². The largest absolute Gasteiger partial charge is 0.352 e. The van der Waals surface area contributed by atoms with Crippen LogP contribution in [0.5, 0.6) is 0 Å². The number of hydrogen-bond acceptors (Lipinski definition) is 6. The van der Waals surface area contributed by atoms with Gasteiger partial charge in [-0.15, -0.1) is 10.2 Å². The van der Waals surface area contributed by atoms with Crippen LogP contribution < -0.4 is 9.80 Å². The molecule has 6 rings (SSSR count). The highest BCUT2D eigenvalue weighted by atomic mass is 32.2. The van der Waals surface area contributed by atoms with Gasteiger partial charge in [-0.2, -0.15) is 4.31 Å². The van der Waals surface area contributed by atoms with Crippen LogP contribution in [0.4, 0.5) is 11.5 Å². The molecule has 9 heteroatoms. The summed E-state index contributed by atoms with van der Waals surface area (Å²) in [6, 6.07) is 23.5. The highest BCUT2D eigenvalue weighted by molar-refractivity contribution is 7.89. The Kier molecular flexibility index (Phi) is 6.12. The van der Waals surface area contributed by atoms with E-state index < -0.39 is 10.0 Å². The van der Waals surface area contributed by atoms with Gasteiger partial charge in [0.1, 0.15) is 0 Å². The van der Waals surface area contributed by atoms with Gasteiger partial charge >= 0.3 is 0 Å². The normalized spacial score (nSPS) is 18.1. The summed E-state index contributed by atoms with van der Waals surface area (Å²) in [5, 5.41) is 11.2. The minimum atomic E-state index is -3.64. The number of hydrogen-bond donors (Lipinski definition) is 0. The Labute approximate surface area is 222 Å². The number of carbonyl (C=O) groups excluding carboxylic acids is 1. The molecule has 1 saturated heterocycles. The number of benzene rings is 3. The number of sulfonamides is 1. The molecule has 4 aromatic rings. The quantitative estimate of drug-likeness (QED) is 0.397. The molecule has 8 nitrogen and oxygen atoms in total. The summed E-state index contributed by atoms with van der Waals surface area (Å²) in [5.41, 5.74) is 3.51. The Hall–Kier alpha value is -3.82. The second-order valence-electron chi connectivity index (χ2n) is 9.96. The highest BCUT2D eigenvalue weighted by Crippen LogP contribution is 2.35. The fraction of sp³-hybridized carbons (Fsp3) is 0.276. The summed E-state index contributed by atoms with van der Waals surface area (Å²) in [6.07, 6.45) is 0.653. The molecule has 0 spiro atoms. The average Bonchev–Trinajstić information content (AvgIpc) is 3.28. The first-order chi connectivity index (χ1) is 18.3. The summed E-state index contributed by atoms with van der Waals surface area (Å²) >= 11 is 0. The lowest BCUT2D eigenvalue weighted by atomic mass is 10.1. The van der Waals surface area contributed by atoms with Gasteiger partial charge in [-0.05, 0) is 66.1 Å². The maximum Gasteiger partial charge on any atom is 0.243 e. The summed E-state index contributed by atoms with van der Waals surface area (Å²) < 4.78 is 28.4. The van der Waals surface area contributed by atoms with E-state index in [9.17, 15) is 13.2 Å². The molecule has 0 bridgehead atoms. The monoisotopic (exact) mass is 527 g/mol. The Morgan fingerprint density at radius 2 is 1.63 bits per heavy atom. The van der Waals surface area contributed by atoms with Crippen LogP contribution in [0.1, 0.15) is 19.4 Å². The SMILES string of the molecule is CC(=O)N1c2ccc(S(=O)(=O)N3CCN(c4ccc(-c5ccc6ccccc6c5)nn4)CC3)cc2CC1C. The molecule has 1 amide bonds. The molecule has 38 heavy (non-hydrogen) atoms. The first-order valence-corrected chi connectivity index (χ1v) is 14.3. The van der Waals surface area contributed by atoms with Crippen molar-refractivity contribution in [2.45, 2.75) is 31.2 Å². The third kappa shape index (κ3) is 4.31. The van der Waals surface area contributed by atoms with E-state index in [4.69, 9.17) is 0 Å². The fourth-order valence-corrected chi connectivity index (χ4v) is 7.02. The maximum atomic E-state index is 13.4. The molecular weight excluding hydrogens is 498 g/mol. The smallest absolute Gasteiger partial charge is 0.243 e.